The summed E-state index contributed by atoms with van der Waals surface area (Å²) in [7, 11) is 0. The third-order valence-corrected chi connectivity index (χ3v) is 5.58. The third kappa shape index (κ3) is 4.34. The van der Waals surface area contributed by atoms with Gasteiger partial charge < -0.3 is 19.9 Å². The molecule has 7 nitrogen and oxygen atoms in total. The Bertz CT molecular complexity index is 940. The molecular weight excluding hydrogens is 370 g/mol. The number of para-hydroxylation sites is 1. The van der Waals surface area contributed by atoms with Crippen molar-refractivity contribution in [2.75, 3.05) is 19.7 Å². The molecule has 1 aromatic heterocycles. The number of esters is 1. The highest BCUT2D eigenvalue weighted by Crippen LogP contribution is 2.24. The summed E-state index contributed by atoms with van der Waals surface area (Å²) in [4.78, 5) is 37.8. The van der Waals surface area contributed by atoms with Crippen LogP contribution in [0.25, 0.3) is 5.69 Å². The number of piperidine rings is 1. The first-order valence-corrected chi connectivity index (χ1v) is 9.78. The molecule has 1 aliphatic heterocycles. The lowest BCUT2D eigenvalue weighted by molar-refractivity contribution is -0.137. The molecule has 2 N–H and O–H groups in total. The summed E-state index contributed by atoms with van der Waals surface area (Å²) in [6.07, 6.45) is 1.10. The van der Waals surface area contributed by atoms with Crippen LogP contribution in [-0.4, -0.2) is 46.9 Å². The summed E-state index contributed by atoms with van der Waals surface area (Å²) in [6.45, 7) is 6.41. The molecule has 0 atom stereocenters. The van der Waals surface area contributed by atoms with Gasteiger partial charge in [0.05, 0.1) is 5.56 Å². The number of nitrogens with two attached hydrogens (primary N) is 1. The lowest BCUT2D eigenvalue weighted by Crippen LogP contribution is -2.43. The molecule has 0 aliphatic carbocycles. The zero-order valence-corrected chi connectivity index (χ0v) is 17.1. The van der Waals surface area contributed by atoms with E-state index in [1.807, 2.05) is 49.6 Å². The van der Waals surface area contributed by atoms with E-state index in [9.17, 15) is 14.4 Å². The van der Waals surface area contributed by atoms with Gasteiger partial charge in [-0.15, -0.1) is 0 Å². The molecule has 1 aliphatic rings. The van der Waals surface area contributed by atoms with Crippen molar-refractivity contribution in [2.24, 2.45) is 11.7 Å². The van der Waals surface area contributed by atoms with E-state index in [2.05, 4.69) is 0 Å². The summed E-state index contributed by atoms with van der Waals surface area (Å²) in [5.41, 5.74) is 9.57. The molecule has 29 heavy (non-hydrogen) atoms. The number of carbonyl (C=O) groups is 3. The van der Waals surface area contributed by atoms with Crippen molar-refractivity contribution >= 4 is 17.8 Å². The minimum Gasteiger partial charge on any atom is -0.452 e. The van der Waals surface area contributed by atoms with Crippen molar-refractivity contribution in [2.45, 2.75) is 33.6 Å². The van der Waals surface area contributed by atoms with Crippen molar-refractivity contribution in [3.8, 4) is 5.69 Å². The third-order valence-electron chi connectivity index (χ3n) is 5.58. The second-order valence-electron chi connectivity index (χ2n) is 7.54. The number of rotatable bonds is 5. The Balaban J connectivity index is 1.65. The Morgan fingerprint density at radius 3 is 2.38 bits per heavy atom. The minimum atomic E-state index is -0.515. The molecule has 7 heteroatoms. The van der Waals surface area contributed by atoms with Crippen LogP contribution in [0.2, 0.25) is 0 Å². The van der Waals surface area contributed by atoms with Crippen LogP contribution >= 0.6 is 0 Å². The van der Waals surface area contributed by atoms with Crippen LogP contribution in [0, 0.1) is 26.7 Å². The van der Waals surface area contributed by atoms with Crippen LogP contribution in [0.3, 0.4) is 0 Å². The number of ether oxygens (including phenoxy) is 1. The molecular formula is C22H27N3O4. The van der Waals surface area contributed by atoms with E-state index in [-0.39, 0.29) is 24.3 Å². The maximum atomic E-state index is 12.6. The Morgan fingerprint density at radius 2 is 1.76 bits per heavy atom. The number of primary amides is 1. The number of nitrogens with zero attached hydrogens (tertiary/aromatic N) is 2. The largest absolute Gasteiger partial charge is 0.452 e. The first-order chi connectivity index (χ1) is 13.8. The topological polar surface area (TPSA) is 94.6 Å². The Morgan fingerprint density at radius 1 is 1.10 bits per heavy atom. The number of aromatic nitrogens is 1. The predicted molar refractivity (Wildman–Crippen MR) is 109 cm³/mol. The van der Waals surface area contributed by atoms with Crippen LogP contribution in [-0.2, 0) is 14.3 Å². The summed E-state index contributed by atoms with van der Waals surface area (Å²) in [5, 5.41) is 0. The van der Waals surface area contributed by atoms with Gasteiger partial charge in [0.25, 0.3) is 5.91 Å². The molecule has 2 amide bonds. The van der Waals surface area contributed by atoms with Crippen molar-refractivity contribution in [3.05, 3.63) is 52.8 Å². The molecule has 1 aromatic carbocycles. The van der Waals surface area contributed by atoms with Gasteiger partial charge in [0.1, 0.15) is 0 Å². The molecule has 154 valence electrons. The van der Waals surface area contributed by atoms with Gasteiger partial charge in [-0.3, -0.25) is 9.59 Å². The Labute approximate surface area is 170 Å². The molecule has 2 aromatic rings. The van der Waals surface area contributed by atoms with Crippen molar-refractivity contribution < 1.29 is 19.1 Å². The SMILES string of the molecule is Cc1ccccc1-n1c(C)cc(C(=O)OCC(=O)N2CCC(C(N)=O)CC2)c1C. The number of hydrogen-bond donors (Lipinski definition) is 1. The van der Waals surface area contributed by atoms with Gasteiger partial charge in [-0.2, -0.15) is 0 Å². The molecule has 1 fully saturated rings. The molecule has 0 bridgehead atoms. The number of amides is 2. The van der Waals surface area contributed by atoms with Gasteiger partial charge in [0, 0.05) is 36.1 Å². The molecule has 0 spiro atoms. The molecule has 2 heterocycles. The van der Waals surface area contributed by atoms with E-state index >= 15 is 0 Å². The summed E-state index contributed by atoms with van der Waals surface area (Å²) < 4.78 is 7.31. The fraction of sp³-hybridized carbons (Fsp3) is 0.409. The molecule has 0 radical (unpaired) electrons. The molecule has 1 saturated heterocycles. The van der Waals surface area contributed by atoms with Crippen LogP contribution < -0.4 is 5.73 Å². The number of aryl methyl sites for hydroxylation is 2. The van der Waals surface area contributed by atoms with E-state index < -0.39 is 5.97 Å². The van der Waals surface area contributed by atoms with Crippen LogP contribution in [0.1, 0.15) is 40.2 Å². The maximum absolute atomic E-state index is 12.6. The highest BCUT2D eigenvalue weighted by atomic mass is 16.5. The normalized spacial score (nSPS) is 14.7. The van der Waals surface area contributed by atoms with Crippen molar-refractivity contribution in [1.82, 2.24) is 9.47 Å². The quantitative estimate of drug-likeness (QED) is 0.783. The lowest BCUT2D eigenvalue weighted by atomic mass is 9.96. The number of hydrogen-bond acceptors (Lipinski definition) is 4. The first-order valence-electron chi connectivity index (χ1n) is 9.78. The lowest BCUT2D eigenvalue weighted by Gasteiger charge is -2.30. The second kappa shape index (κ2) is 8.51. The van der Waals surface area contributed by atoms with E-state index in [1.54, 1.807) is 11.0 Å². The Kier molecular flexibility index (Phi) is 6.06. The van der Waals surface area contributed by atoms with Gasteiger partial charge in [-0.05, 0) is 51.3 Å². The van der Waals surface area contributed by atoms with Gasteiger partial charge in [-0.25, -0.2) is 4.79 Å². The van der Waals surface area contributed by atoms with Crippen LogP contribution in [0.15, 0.2) is 30.3 Å². The zero-order valence-electron chi connectivity index (χ0n) is 17.1. The van der Waals surface area contributed by atoms with Crippen molar-refractivity contribution in [1.29, 1.82) is 0 Å². The maximum Gasteiger partial charge on any atom is 0.340 e. The summed E-state index contributed by atoms with van der Waals surface area (Å²) in [5.74, 6) is -1.28. The fourth-order valence-corrected chi connectivity index (χ4v) is 3.86. The molecule has 0 unspecified atom stereocenters. The highest BCUT2D eigenvalue weighted by Gasteiger charge is 2.27. The van der Waals surface area contributed by atoms with Gasteiger partial charge in [0.15, 0.2) is 6.61 Å². The number of likely N-dealkylation sites (tertiary alicyclic amines) is 1. The summed E-state index contributed by atoms with van der Waals surface area (Å²) >= 11 is 0. The minimum absolute atomic E-state index is 0.187. The molecule has 3 rings (SSSR count). The predicted octanol–water partition coefficient (Wildman–Crippen LogP) is 2.28. The van der Waals surface area contributed by atoms with E-state index in [4.69, 9.17) is 10.5 Å². The molecule has 0 saturated carbocycles. The first kappa shape index (κ1) is 20.6. The monoisotopic (exact) mass is 397 g/mol. The van der Waals surface area contributed by atoms with E-state index in [0.29, 0.717) is 31.5 Å². The van der Waals surface area contributed by atoms with Crippen LogP contribution in [0.4, 0.5) is 0 Å². The van der Waals surface area contributed by atoms with Crippen molar-refractivity contribution in [3.63, 3.8) is 0 Å². The van der Waals surface area contributed by atoms with Gasteiger partial charge in [0.2, 0.25) is 5.91 Å². The number of carbonyl (C=O) groups excluding carboxylic acids is 3. The smallest absolute Gasteiger partial charge is 0.340 e. The summed E-state index contributed by atoms with van der Waals surface area (Å²) in [6, 6.07) is 9.74. The standard InChI is InChI=1S/C22H27N3O4/c1-14-6-4-5-7-19(14)25-15(2)12-18(16(25)3)22(28)29-13-20(26)24-10-8-17(9-11-24)21(23)27/h4-7,12,17H,8-11,13H2,1-3H3,(H2,23,27). The average molecular weight is 397 g/mol. The fourth-order valence-electron chi connectivity index (χ4n) is 3.86. The van der Waals surface area contributed by atoms with Gasteiger partial charge >= 0.3 is 5.97 Å². The van der Waals surface area contributed by atoms with E-state index in [0.717, 1.165) is 22.6 Å². The van der Waals surface area contributed by atoms with Gasteiger partial charge in [-0.1, -0.05) is 18.2 Å². The highest BCUT2D eigenvalue weighted by molar-refractivity contribution is 5.93. The Hall–Kier alpha value is -3.09. The number of benzene rings is 1. The zero-order chi connectivity index (χ0) is 21.1. The van der Waals surface area contributed by atoms with E-state index in [1.165, 1.54) is 0 Å². The average Bonchev–Trinajstić information content (AvgIpc) is 3.00. The second-order valence-corrected chi connectivity index (χ2v) is 7.54. The van der Waals surface area contributed by atoms with Crippen LogP contribution in [0.5, 0.6) is 0 Å².